The first-order valence-electron chi connectivity index (χ1n) is 6.33. The number of hydrogen-bond donors (Lipinski definition) is 0. The van der Waals surface area contributed by atoms with Gasteiger partial charge in [-0.2, -0.15) is 0 Å². The van der Waals surface area contributed by atoms with E-state index in [0.29, 0.717) is 28.9 Å². The van der Waals surface area contributed by atoms with Crippen LogP contribution in [-0.2, 0) is 4.74 Å². The molecule has 1 heterocycles. The number of carbonyl (C=O) groups is 1. The zero-order chi connectivity index (χ0) is 14.9. The van der Waals surface area contributed by atoms with E-state index in [0.717, 1.165) is 0 Å². The van der Waals surface area contributed by atoms with Gasteiger partial charge in [0.25, 0.3) is 0 Å². The summed E-state index contributed by atoms with van der Waals surface area (Å²) in [6.07, 6.45) is -0.376. The molecule has 1 aliphatic rings. The second kappa shape index (κ2) is 5.70. The molecule has 1 fully saturated rings. The number of ether oxygens (including phenoxy) is 2. The maximum Gasteiger partial charge on any atom is 0.410 e. The van der Waals surface area contributed by atoms with Gasteiger partial charge in [0.2, 0.25) is 0 Å². The van der Waals surface area contributed by atoms with Crippen molar-refractivity contribution in [2.75, 3.05) is 13.1 Å². The Balaban J connectivity index is 1.83. The number of amides is 1. The first-order chi connectivity index (χ1) is 9.23. The molecular weight excluding hydrogens is 301 g/mol. The summed E-state index contributed by atoms with van der Waals surface area (Å²) in [7, 11) is 0. The first-order valence-corrected chi connectivity index (χ1v) is 7.09. The molecule has 0 saturated carbocycles. The van der Waals surface area contributed by atoms with E-state index >= 15 is 0 Å². The van der Waals surface area contributed by atoms with Crippen LogP contribution in [0.4, 0.5) is 4.79 Å². The maximum absolute atomic E-state index is 11.8. The van der Waals surface area contributed by atoms with Crippen LogP contribution in [0.5, 0.6) is 5.75 Å². The third-order valence-electron chi connectivity index (χ3n) is 2.64. The molecular formula is C14H17Cl2NO3. The number of nitrogens with zero attached hydrogens (tertiary/aromatic N) is 1. The lowest BCUT2D eigenvalue weighted by Crippen LogP contribution is -2.57. The standard InChI is InChI=1S/C14H17Cl2NO3/c1-14(2,3)20-13(18)17-7-12(8-17)19-11-5-9(15)4-10(16)6-11/h4-6,12H,7-8H2,1-3H3. The number of hydrogen-bond acceptors (Lipinski definition) is 3. The van der Waals surface area contributed by atoms with Crippen LogP contribution >= 0.6 is 23.2 Å². The molecule has 0 aliphatic carbocycles. The Kier molecular flexibility index (Phi) is 4.35. The van der Waals surface area contributed by atoms with Crippen molar-refractivity contribution in [1.82, 2.24) is 4.90 Å². The van der Waals surface area contributed by atoms with Crippen molar-refractivity contribution >= 4 is 29.3 Å². The average Bonchev–Trinajstić information content (AvgIpc) is 2.18. The van der Waals surface area contributed by atoms with Gasteiger partial charge in [0.05, 0.1) is 13.1 Å². The Bertz CT molecular complexity index is 487. The molecule has 4 nitrogen and oxygen atoms in total. The van der Waals surface area contributed by atoms with Crippen molar-refractivity contribution in [2.24, 2.45) is 0 Å². The minimum atomic E-state index is -0.483. The Hall–Kier alpha value is -1.13. The van der Waals surface area contributed by atoms with Crippen LogP contribution in [0.25, 0.3) is 0 Å². The molecule has 0 aromatic heterocycles. The molecule has 1 aromatic carbocycles. The lowest BCUT2D eigenvalue weighted by atomic mass is 10.1. The van der Waals surface area contributed by atoms with E-state index in [1.54, 1.807) is 23.1 Å². The molecule has 0 bridgehead atoms. The number of halogens is 2. The van der Waals surface area contributed by atoms with Gasteiger partial charge in [-0.05, 0) is 39.0 Å². The molecule has 110 valence electrons. The molecule has 20 heavy (non-hydrogen) atoms. The van der Waals surface area contributed by atoms with Crippen LogP contribution in [0.15, 0.2) is 18.2 Å². The van der Waals surface area contributed by atoms with Crippen molar-refractivity contribution in [3.8, 4) is 5.75 Å². The van der Waals surface area contributed by atoms with Gasteiger partial charge in [-0.25, -0.2) is 4.79 Å². The highest BCUT2D eigenvalue weighted by Gasteiger charge is 2.35. The van der Waals surface area contributed by atoms with Crippen molar-refractivity contribution in [1.29, 1.82) is 0 Å². The summed E-state index contributed by atoms with van der Waals surface area (Å²) in [5.41, 5.74) is -0.483. The van der Waals surface area contributed by atoms with Gasteiger partial charge in [0.1, 0.15) is 17.5 Å². The summed E-state index contributed by atoms with van der Waals surface area (Å²) >= 11 is 11.8. The minimum absolute atomic E-state index is 0.0583. The lowest BCUT2D eigenvalue weighted by Gasteiger charge is -2.39. The Labute approximate surface area is 128 Å². The fourth-order valence-electron chi connectivity index (χ4n) is 1.78. The molecule has 1 aliphatic heterocycles. The van der Waals surface area contributed by atoms with Crippen LogP contribution in [0.2, 0.25) is 10.0 Å². The third kappa shape index (κ3) is 4.18. The highest BCUT2D eigenvalue weighted by atomic mass is 35.5. The quantitative estimate of drug-likeness (QED) is 0.827. The molecule has 0 unspecified atom stereocenters. The summed E-state index contributed by atoms with van der Waals surface area (Å²) < 4.78 is 11.0. The number of rotatable bonds is 2. The van der Waals surface area contributed by atoms with Crippen LogP contribution in [0, 0.1) is 0 Å². The molecule has 1 amide bonds. The predicted octanol–water partition coefficient (Wildman–Crippen LogP) is 3.99. The van der Waals surface area contributed by atoms with Gasteiger partial charge in [0, 0.05) is 10.0 Å². The average molecular weight is 318 g/mol. The molecule has 0 spiro atoms. The number of benzene rings is 1. The Morgan fingerprint density at radius 3 is 2.25 bits per heavy atom. The number of likely N-dealkylation sites (tertiary alicyclic amines) is 1. The zero-order valence-corrected chi connectivity index (χ0v) is 13.2. The summed E-state index contributed by atoms with van der Waals surface area (Å²) in [5.74, 6) is 0.608. The topological polar surface area (TPSA) is 38.8 Å². The van der Waals surface area contributed by atoms with Gasteiger partial charge in [-0.3, -0.25) is 0 Å². The molecule has 0 atom stereocenters. The van der Waals surface area contributed by atoms with E-state index in [9.17, 15) is 4.79 Å². The third-order valence-corrected chi connectivity index (χ3v) is 3.07. The maximum atomic E-state index is 11.8. The molecule has 6 heteroatoms. The zero-order valence-electron chi connectivity index (χ0n) is 11.7. The normalized spacial score (nSPS) is 15.8. The van der Waals surface area contributed by atoms with Gasteiger partial charge in [-0.1, -0.05) is 23.2 Å². The van der Waals surface area contributed by atoms with Crippen LogP contribution in [0.3, 0.4) is 0 Å². The van der Waals surface area contributed by atoms with Crippen molar-refractivity contribution in [3.05, 3.63) is 28.2 Å². The highest BCUT2D eigenvalue weighted by molar-refractivity contribution is 6.34. The Morgan fingerprint density at radius 1 is 1.20 bits per heavy atom. The van der Waals surface area contributed by atoms with Gasteiger partial charge in [-0.15, -0.1) is 0 Å². The van der Waals surface area contributed by atoms with E-state index in [1.165, 1.54) is 0 Å². The fraction of sp³-hybridized carbons (Fsp3) is 0.500. The van der Waals surface area contributed by atoms with E-state index in [2.05, 4.69) is 0 Å². The highest BCUT2D eigenvalue weighted by Crippen LogP contribution is 2.27. The van der Waals surface area contributed by atoms with E-state index < -0.39 is 5.60 Å². The monoisotopic (exact) mass is 317 g/mol. The second-order valence-electron chi connectivity index (χ2n) is 5.73. The molecule has 0 radical (unpaired) electrons. The van der Waals surface area contributed by atoms with E-state index in [1.807, 2.05) is 20.8 Å². The second-order valence-corrected chi connectivity index (χ2v) is 6.60. The SMILES string of the molecule is CC(C)(C)OC(=O)N1CC(Oc2cc(Cl)cc(Cl)c2)C1. The molecule has 2 rings (SSSR count). The van der Waals surface area contributed by atoms with Gasteiger partial charge in [0.15, 0.2) is 0 Å². The van der Waals surface area contributed by atoms with Crippen LogP contribution in [-0.4, -0.2) is 35.8 Å². The molecule has 1 saturated heterocycles. The first kappa shape index (κ1) is 15.3. The van der Waals surface area contributed by atoms with Crippen molar-refractivity contribution < 1.29 is 14.3 Å². The predicted molar refractivity (Wildman–Crippen MR) is 78.7 cm³/mol. The lowest BCUT2D eigenvalue weighted by molar-refractivity contribution is -0.0221. The minimum Gasteiger partial charge on any atom is -0.487 e. The fourth-order valence-corrected chi connectivity index (χ4v) is 2.28. The largest absolute Gasteiger partial charge is 0.487 e. The van der Waals surface area contributed by atoms with Crippen molar-refractivity contribution in [3.63, 3.8) is 0 Å². The van der Waals surface area contributed by atoms with Crippen LogP contribution in [0.1, 0.15) is 20.8 Å². The van der Waals surface area contributed by atoms with Crippen LogP contribution < -0.4 is 4.74 Å². The molecule has 1 aromatic rings. The number of carbonyl (C=O) groups excluding carboxylic acids is 1. The van der Waals surface area contributed by atoms with Gasteiger partial charge >= 0.3 is 6.09 Å². The smallest absolute Gasteiger partial charge is 0.410 e. The van der Waals surface area contributed by atoms with Crippen molar-refractivity contribution in [2.45, 2.75) is 32.5 Å². The Morgan fingerprint density at radius 2 is 1.75 bits per heavy atom. The summed E-state index contributed by atoms with van der Waals surface area (Å²) in [5, 5.41) is 1.05. The molecule has 0 N–H and O–H groups in total. The van der Waals surface area contributed by atoms with E-state index in [-0.39, 0.29) is 12.2 Å². The summed E-state index contributed by atoms with van der Waals surface area (Å²) in [6, 6.07) is 5.04. The summed E-state index contributed by atoms with van der Waals surface area (Å²) in [6.45, 7) is 6.52. The van der Waals surface area contributed by atoms with Gasteiger partial charge < -0.3 is 14.4 Å². The summed E-state index contributed by atoms with van der Waals surface area (Å²) in [4.78, 5) is 13.4. The van der Waals surface area contributed by atoms with E-state index in [4.69, 9.17) is 32.7 Å².